The molecule has 0 unspecified atom stereocenters. The van der Waals surface area contributed by atoms with Crippen molar-refractivity contribution in [2.24, 2.45) is 0 Å². The molecule has 2 amide bonds. The van der Waals surface area contributed by atoms with Gasteiger partial charge in [-0.1, -0.05) is 6.08 Å². The summed E-state index contributed by atoms with van der Waals surface area (Å²) in [5.74, 6) is -1.08. The molecule has 0 atom stereocenters. The normalized spacial score (nSPS) is 9.41. The highest BCUT2D eigenvalue weighted by Gasteiger charge is 2.15. The second-order valence-corrected chi connectivity index (χ2v) is 3.23. The van der Waals surface area contributed by atoms with Crippen LogP contribution in [-0.4, -0.2) is 40.1 Å². The monoisotopic (exact) mass is 235 g/mol. The molecule has 6 nitrogen and oxygen atoms in total. The average Bonchev–Trinajstić information content (AvgIpc) is 2.29. The first-order valence-electron chi connectivity index (χ1n) is 4.92. The summed E-state index contributed by atoms with van der Waals surface area (Å²) in [4.78, 5) is 27.2. The van der Waals surface area contributed by atoms with E-state index in [9.17, 15) is 9.59 Å². The molecule has 0 radical (unpaired) electrons. The molecular formula is C11H13N3O3. The Morgan fingerprint density at radius 3 is 2.88 bits per heavy atom. The first-order chi connectivity index (χ1) is 8.13. The van der Waals surface area contributed by atoms with Crippen molar-refractivity contribution in [3.63, 3.8) is 0 Å². The van der Waals surface area contributed by atoms with Crippen LogP contribution in [0.4, 0.5) is 10.5 Å². The van der Waals surface area contributed by atoms with E-state index in [2.05, 4.69) is 16.9 Å². The number of carbonyl (C=O) groups excluding carboxylic acids is 1. The zero-order valence-corrected chi connectivity index (χ0v) is 9.17. The summed E-state index contributed by atoms with van der Waals surface area (Å²) in [5.41, 5.74) is 0.511. The lowest BCUT2D eigenvalue weighted by Gasteiger charge is -2.19. The molecule has 6 heteroatoms. The highest BCUT2D eigenvalue weighted by Crippen LogP contribution is 2.04. The Labute approximate surface area is 98.6 Å². The zero-order valence-electron chi connectivity index (χ0n) is 9.17. The second kappa shape index (κ2) is 6.26. The summed E-state index contributed by atoms with van der Waals surface area (Å²) in [6, 6.07) is 2.84. The van der Waals surface area contributed by atoms with Gasteiger partial charge in [-0.05, 0) is 12.1 Å². The molecule has 1 rings (SSSR count). The van der Waals surface area contributed by atoms with E-state index in [1.54, 1.807) is 18.3 Å². The lowest BCUT2D eigenvalue weighted by atomic mass is 10.4. The van der Waals surface area contributed by atoms with Crippen LogP contribution in [0.3, 0.4) is 0 Å². The SMILES string of the molecule is C=CCN(CC(=O)O)C(=O)Nc1cccnc1. The minimum absolute atomic E-state index is 0.165. The van der Waals surface area contributed by atoms with Gasteiger partial charge in [0.1, 0.15) is 6.54 Å². The molecule has 0 aliphatic rings. The predicted molar refractivity (Wildman–Crippen MR) is 62.7 cm³/mol. The van der Waals surface area contributed by atoms with Crippen molar-refractivity contribution in [1.82, 2.24) is 9.88 Å². The maximum absolute atomic E-state index is 11.7. The number of carboxylic acids is 1. The minimum Gasteiger partial charge on any atom is -0.480 e. The van der Waals surface area contributed by atoms with Gasteiger partial charge < -0.3 is 15.3 Å². The number of urea groups is 1. The van der Waals surface area contributed by atoms with E-state index < -0.39 is 12.0 Å². The Morgan fingerprint density at radius 1 is 1.59 bits per heavy atom. The van der Waals surface area contributed by atoms with E-state index in [4.69, 9.17) is 5.11 Å². The number of carboxylic acid groups (broad SMARTS) is 1. The lowest BCUT2D eigenvalue weighted by molar-refractivity contribution is -0.137. The first kappa shape index (κ1) is 12.7. The molecule has 0 bridgehead atoms. The maximum atomic E-state index is 11.7. The molecule has 0 aromatic carbocycles. The second-order valence-electron chi connectivity index (χ2n) is 3.23. The Balaban J connectivity index is 2.65. The highest BCUT2D eigenvalue weighted by molar-refractivity contribution is 5.91. The Kier molecular flexibility index (Phi) is 4.68. The van der Waals surface area contributed by atoms with Gasteiger partial charge >= 0.3 is 12.0 Å². The summed E-state index contributed by atoms with van der Waals surface area (Å²) in [5, 5.41) is 11.2. The number of aliphatic carboxylic acids is 1. The molecule has 1 heterocycles. The first-order valence-corrected chi connectivity index (χ1v) is 4.92. The van der Waals surface area contributed by atoms with Crippen LogP contribution in [0.25, 0.3) is 0 Å². The van der Waals surface area contributed by atoms with Crippen LogP contribution in [0.5, 0.6) is 0 Å². The fourth-order valence-corrected chi connectivity index (χ4v) is 1.18. The van der Waals surface area contributed by atoms with Crippen LogP contribution in [0.2, 0.25) is 0 Å². The lowest BCUT2D eigenvalue weighted by Crippen LogP contribution is -2.38. The van der Waals surface area contributed by atoms with Crippen molar-refractivity contribution >= 4 is 17.7 Å². The number of amides is 2. The van der Waals surface area contributed by atoms with Crippen molar-refractivity contribution < 1.29 is 14.7 Å². The third kappa shape index (κ3) is 4.33. The number of hydrogen-bond acceptors (Lipinski definition) is 3. The van der Waals surface area contributed by atoms with Crippen LogP contribution in [0.15, 0.2) is 37.2 Å². The summed E-state index contributed by atoms with van der Waals surface area (Å²) in [6.07, 6.45) is 4.52. The van der Waals surface area contributed by atoms with Crippen LogP contribution in [0, 0.1) is 0 Å². The quantitative estimate of drug-likeness (QED) is 0.751. The van der Waals surface area contributed by atoms with E-state index in [1.165, 1.54) is 12.3 Å². The molecule has 17 heavy (non-hydrogen) atoms. The van der Waals surface area contributed by atoms with Gasteiger partial charge in [0.2, 0.25) is 0 Å². The summed E-state index contributed by atoms with van der Waals surface area (Å²) in [6.45, 7) is 3.26. The molecule has 0 saturated carbocycles. The smallest absolute Gasteiger partial charge is 0.323 e. The molecule has 2 N–H and O–H groups in total. The topological polar surface area (TPSA) is 82.5 Å². The molecule has 1 aromatic rings. The number of anilines is 1. The largest absolute Gasteiger partial charge is 0.480 e. The Morgan fingerprint density at radius 2 is 2.35 bits per heavy atom. The van der Waals surface area contributed by atoms with E-state index in [1.807, 2.05) is 0 Å². The van der Waals surface area contributed by atoms with Gasteiger partial charge in [-0.15, -0.1) is 6.58 Å². The molecule has 0 spiro atoms. The maximum Gasteiger partial charge on any atom is 0.323 e. The van der Waals surface area contributed by atoms with Crippen molar-refractivity contribution in [3.05, 3.63) is 37.2 Å². The average molecular weight is 235 g/mol. The number of pyridine rings is 1. The molecule has 0 fully saturated rings. The number of aromatic nitrogens is 1. The van der Waals surface area contributed by atoms with Crippen molar-refractivity contribution in [1.29, 1.82) is 0 Å². The van der Waals surface area contributed by atoms with Gasteiger partial charge in [0, 0.05) is 12.7 Å². The molecule has 0 aliphatic heterocycles. The third-order valence-electron chi connectivity index (χ3n) is 1.88. The number of nitrogens with one attached hydrogen (secondary N) is 1. The van der Waals surface area contributed by atoms with Gasteiger partial charge in [-0.25, -0.2) is 4.79 Å². The van der Waals surface area contributed by atoms with Gasteiger partial charge in [0.05, 0.1) is 11.9 Å². The summed E-state index contributed by atoms with van der Waals surface area (Å²) < 4.78 is 0. The van der Waals surface area contributed by atoms with E-state index in [0.717, 1.165) is 4.90 Å². The van der Waals surface area contributed by atoms with Crippen LogP contribution >= 0.6 is 0 Å². The summed E-state index contributed by atoms with van der Waals surface area (Å²) in [7, 11) is 0. The van der Waals surface area contributed by atoms with Gasteiger partial charge in [-0.3, -0.25) is 9.78 Å². The van der Waals surface area contributed by atoms with Gasteiger partial charge in [0.25, 0.3) is 0 Å². The molecule has 0 aliphatic carbocycles. The highest BCUT2D eigenvalue weighted by atomic mass is 16.4. The van der Waals surface area contributed by atoms with Crippen molar-refractivity contribution in [2.45, 2.75) is 0 Å². The van der Waals surface area contributed by atoms with Gasteiger partial charge in [-0.2, -0.15) is 0 Å². The molecule has 90 valence electrons. The van der Waals surface area contributed by atoms with Crippen molar-refractivity contribution in [3.8, 4) is 0 Å². The van der Waals surface area contributed by atoms with Crippen LogP contribution in [-0.2, 0) is 4.79 Å². The number of rotatable bonds is 5. The fraction of sp³-hybridized carbons (Fsp3) is 0.182. The standard InChI is InChI=1S/C11H13N3O3/c1-2-6-14(8-10(15)16)11(17)13-9-4-3-5-12-7-9/h2-5,7H,1,6,8H2,(H,13,17)(H,15,16). The Hall–Kier alpha value is -2.37. The molecular weight excluding hydrogens is 222 g/mol. The molecule has 1 aromatic heterocycles. The minimum atomic E-state index is -1.08. The zero-order chi connectivity index (χ0) is 12.7. The van der Waals surface area contributed by atoms with E-state index >= 15 is 0 Å². The van der Waals surface area contributed by atoms with Crippen LogP contribution in [0.1, 0.15) is 0 Å². The number of carbonyl (C=O) groups is 2. The molecule has 0 saturated heterocycles. The fourth-order valence-electron chi connectivity index (χ4n) is 1.18. The van der Waals surface area contributed by atoms with Gasteiger partial charge in [0.15, 0.2) is 0 Å². The van der Waals surface area contributed by atoms with Crippen LogP contribution < -0.4 is 5.32 Å². The third-order valence-corrected chi connectivity index (χ3v) is 1.88. The Bertz CT molecular complexity index is 406. The summed E-state index contributed by atoms with van der Waals surface area (Å²) >= 11 is 0. The number of nitrogens with zero attached hydrogens (tertiary/aromatic N) is 2. The van der Waals surface area contributed by atoms with Crippen molar-refractivity contribution in [2.75, 3.05) is 18.4 Å². The van der Waals surface area contributed by atoms with E-state index in [-0.39, 0.29) is 13.1 Å². The number of hydrogen-bond donors (Lipinski definition) is 2. The van der Waals surface area contributed by atoms with E-state index in [0.29, 0.717) is 5.69 Å². The predicted octanol–water partition coefficient (Wildman–Crippen LogP) is 1.19.